The van der Waals surface area contributed by atoms with E-state index in [1.807, 2.05) is 6.92 Å². The Kier molecular flexibility index (Phi) is 4.20. The smallest absolute Gasteiger partial charge is 0.337 e. The van der Waals surface area contributed by atoms with Crippen LogP contribution >= 0.6 is 11.6 Å². The number of hydrogen-bond acceptors (Lipinski definition) is 3. The van der Waals surface area contributed by atoms with Crippen LogP contribution in [0.2, 0.25) is 5.02 Å². The maximum atomic E-state index is 12.3. The van der Waals surface area contributed by atoms with Gasteiger partial charge in [-0.3, -0.25) is 4.72 Å². The molecule has 0 saturated carbocycles. The summed E-state index contributed by atoms with van der Waals surface area (Å²) in [7, 11) is -3.91. The molecule has 2 aromatic rings. The molecule has 2 N–H and O–H groups in total. The van der Waals surface area contributed by atoms with Crippen molar-refractivity contribution in [1.82, 2.24) is 0 Å². The molecule has 5 nitrogen and oxygen atoms in total. The normalized spacial score (nSPS) is 11.1. The molecule has 0 amide bonds. The number of hydrogen-bond donors (Lipinski definition) is 2. The van der Waals surface area contributed by atoms with Crippen molar-refractivity contribution < 1.29 is 18.3 Å². The van der Waals surface area contributed by atoms with Gasteiger partial charge in [0.15, 0.2) is 0 Å². The van der Waals surface area contributed by atoms with Gasteiger partial charge in [-0.25, -0.2) is 13.2 Å². The highest BCUT2D eigenvalue weighted by atomic mass is 35.5. The largest absolute Gasteiger partial charge is 0.478 e. The van der Waals surface area contributed by atoms with Crippen molar-refractivity contribution in [3.05, 3.63) is 58.6 Å². The number of para-hydroxylation sites is 1. The Balaban J connectivity index is 2.46. The first-order valence-corrected chi connectivity index (χ1v) is 7.78. The maximum absolute atomic E-state index is 12.3. The summed E-state index contributed by atoms with van der Waals surface area (Å²) in [6.07, 6.45) is 0. The van der Waals surface area contributed by atoms with E-state index in [1.165, 1.54) is 30.3 Å². The van der Waals surface area contributed by atoms with Crippen LogP contribution in [0.25, 0.3) is 0 Å². The summed E-state index contributed by atoms with van der Waals surface area (Å²) in [5, 5.41) is 9.12. The molecule has 0 radical (unpaired) electrons. The van der Waals surface area contributed by atoms with Crippen LogP contribution < -0.4 is 4.72 Å². The Hall–Kier alpha value is -2.05. The summed E-state index contributed by atoms with van der Waals surface area (Å²) in [6.45, 7) is 1.83. The number of aromatic carboxylic acids is 1. The fraction of sp³-hybridized carbons (Fsp3) is 0.0714. The topological polar surface area (TPSA) is 83.5 Å². The molecule has 0 aliphatic heterocycles. The first-order valence-electron chi connectivity index (χ1n) is 5.92. The average molecular weight is 326 g/mol. The van der Waals surface area contributed by atoms with E-state index in [4.69, 9.17) is 16.7 Å². The zero-order chi connectivity index (χ0) is 15.6. The van der Waals surface area contributed by atoms with Gasteiger partial charge in [-0.2, -0.15) is 0 Å². The lowest BCUT2D eigenvalue weighted by Crippen LogP contribution is -2.16. The summed E-state index contributed by atoms with van der Waals surface area (Å²) in [5.41, 5.74) is 0.559. The predicted molar refractivity (Wildman–Crippen MR) is 80.4 cm³/mol. The summed E-state index contributed by atoms with van der Waals surface area (Å²) in [4.78, 5) is 11.2. The van der Waals surface area contributed by atoms with E-state index in [9.17, 15) is 13.2 Å². The fourth-order valence-electron chi connectivity index (χ4n) is 1.72. The highest BCUT2D eigenvalue weighted by Crippen LogP contribution is 2.28. The summed E-state index contributed by atoms with van der Waals surface area (Å²) in [5.74, 6) is -1.26. The third-order valence-electron chi connectivity index (χ3n) is 2.81. The highest BCUT2D eigenvalue weighted by Gasteiger charge is 2.20. The molecule has 0 unspecified atom stereocenters. The van der Waals surface area contributed by atoms with Crippen molar-refractivity contribution in [2.45, 2.75) is 11.8 Å². The standard InChI is InChI=1S/C14H12ClNO4S/c1-9-5-7-10(8-6-9)21(19,20)16-13-11(14(17)18)3-2-4-12(13)15/h2-8,16H,1H3,(H,17,18). The predicted octanol–water partition coefficient (Wildman–Crippen LogP) is 3.15. The van der Waals surface area contributed by atoms with E-state index in [2.05, 4.69) is 4.72 Å². The van der Waals surface area contributed by atoms with Crippen LogP contribution in [0, 0.1) is 6.92 Å². The molecule has 21 heavy (non-hydrogen) atoms. The van der Waals surface area contributed by atoms with Crippen LogP contribution in [0.5, 0.6) is 0 Å². The van der Waals surface area contributed by atoms with Gasteiger partial charge >= 0.3 is 5.97 Å². The van der Waals surface area contributed by atoms with Crippen LogP contribution in [-0.4, -0.2) is 19.5 Å². The van der Waals surface area contributed by atoms with Crippen LogP contribution in [0.1, 0.15) is 15.9 Å². The molecule has 0 aliphatic rings. The van der Waals surface area contributed by atoms with E-state index >= 15 is 0 Å². The quantitative estimate of drug-likeness (QED) is 0.904. The highest BCUT2D eigenvalue weighted by molar-refractivity contribution is 7.92. The van der Waals surface area contributed by atoms with E-state index in [1.54, 1.807) is 12.1 Å². The minimum absolute atomic E-state index is 0.0191. The number of halogens is 1. The minimum atomic E-state index is -3.91. The van der Waals surface area contributed by atoms with Crippen molar-refractivity contribution in [3.8, 4) is 0 Å². The zero-order valence-electron chi connectivity index (χ0n) is 11.0. The van der Waals surface area contributed by atoms with Gasteiger partial charge in [0.2, 0.25) is 0 Å². The second-order valence-corrected chi connectivity index (χ2v) is 6.48. The molecule has 0 aromatic heterocycles. The van der Waals surface area contributed by atoms with Crippen molar-refractivity contribution in [2.75, 3.05) is 4.72 Å². The number of aryl methyl sites for hydroxylation is 1. The lowest BCUT2D eigenvalue weighted by Gasteiger charge is -2.12. The van der Waals surface area contributed by atoms with Crippen LogP contribution in [0.4, 0.5) is 5.69 Å². The SMILES string of the molecule is Cc1ccc(S(=O)(=O)Nc2c(Cl)cccc2C(=O)O)cc1. The number of nitrogens with one attached hydrogen (secondary N) is 1. The van der Waals surface area contributed by atoms with Gasteiger partial charge in [0.05, 0.1) is 21.2 Å². The van der Waals surface area contributed by atoms with Gasteiger partial charge in [0.1, 0.15) is 0 Å². The number of carboxylic acid groups (broad SMARTS) is 1. The molecule has 0 heterocycles. The Morgan fingerprint density at radius 1 is 1.14 bits per heavy atom. The minimum Gasteiger partial charge on any atom is -0.478 e. The maximum Gasteiger partial charge on any atom is 0.337 e. The van der Waals surface area contributed by atoms with Gasteiger partial charge in [-0.15, -0.1) is 0 Å². The van der Waals surface area contributed by atoms with Crippen molar-refractivity contribution in [1.29, 1.82) is 0 Å². The average Bonchev–Trinajstić information content (AvgIpc) is 2.41. The molecule has 0 aliphatic carbocycles. The monoisotopic (exact) mass is 325 g/mol. The molecule has 0 atom stereocenters. The Morgan fingerprint density at radius 3 is 2.33 bits per heavy atom. The van der Waals surface area contributed by atoms with E-state index in [0.717, 1.165) is 5.56 Å². The Morgan fingerprint density at radius 2 is 1.76 bits per heavy atom. The van der Waals surface area contributed by atoms with Crippen LogP contribution in [0.15, 0.2) is 47.4 Å². The summed E-state index contributed by atoms with van der Waals surface area (Å²) in [6, 6.07) is 10.3. The molecule has 2 rings (SSSR count). The molecule has 110 valence electrons. The molecule has 0 spiro atoms. The molecular formula is C14H12ClNO4S. The van der Waals surface area contributed by atoms with Crippen LogP contribution in [0.3, 0.4) is 0 Å². The van der Waals surface area contributed by atoms with Gasteiger partial charge in [-0.1, -0.05) is 35.4 Å². The molecule has 7 heteroatoms. The lowest BCUT2D eigenvalue weighted by molar-refractivity contribution is 0.0698. The number of benzene rings is 2. The molecule has 0 fully saturated rings. The van der Waals surface area contributed by atoms with E-state index in [0.29, 0.717) is 0 Å². The number of anilines is 1. The number of carboxylic acids is 1. The molecule has 0 bridgehead atoms. The number of rotatable bonds is 4. The van der Waals surface area contributed by atoms with E-state index in [-0.39, 0.29) is 21.2 Å². The summed E-state index contributed by atoms with van der Waals surface area (Å²) >= 11 is 5.90. The van der Waals surface area contributed by atoms with Crippen molar-refractivity contribution >= 4 is 33.3 Å². The number of sulfonamides is 1. The fourth-order valence-corrected chi connectivity index (χ4v) is 3.10. The first kappa shape index (κ1) is 15.3. The second kappa shape index (κ2) is 5.75. The van der Waals surface area contributed by atoms with Gasteiger partial charge in [-0.05, 0) is 31.2 Å². The zero-order valence-corrected chi connectivity index (χ0v) is 12.6. The Bertz CT molecular complexity index is 785. The third kappa shape index (κ3) is 3.34. The third-order valence-corrected chi connectivity index (χ3v) is 4.49. The van der Waals surface area contributed by atoms with Gasteiger partial charge in [0.25, 0.3) is 10.0 Å². The second-order valence-electron chi connectivity index (χ2n) is 4.39. The molecular weight excluding hydrogens is 314 g/mol. The molecule has 2 aromatic carbocycles. The van der Waals surface area contributed by atoms with Crippen LogP contribution in [-0.2, 0) is 10.0 Å². The lowest BCUT2D eigenvalue weighted by atomic mass is 10.2. The van der Waals surface area contributed by atoms with Crippen molar-refractivity contribution in [2.24, 2.45) is 0 Å². The van der Waals surface area contributed by atoms with E-state index < -0.39 is 16.0 Å². The summed E-state index contributed by atoms with van der Waals surface area (Å²) < 4.78 is 26.8. The number of carbonyl (C=O) groups is 1. The van der Waals surface area contributed by atoms with Gasteiger partial charge < -0.3 is 5.11 Å². The first-order chi connectivity index (χ1) is 9.81. The Labute approximate surface area is 127 Å². The van der Waals surface area contributed by atoms with Gasteiger partial charge in [0, 0.05) is 0 Å². The molecule has 0 saturated heterocycles. The van der Waals surface area contributed by atoms with Crippen molar-refractivity contribution in [3.63, 3.8) is 0 Å².